The number of fused-ring (bicyclic) bond motifs is 6. The van der Waals surface area contributed by atoms with Crippen LogP contribution in [-0.4, -0.2) is 26.1 Å². The van der Waals surface area contributed by atoms with Crippen LogP contribution in [-0.2, 0) is 20.1 Å². The van der Waals surface area contributed by atoms with Gasteiger partial charge in [-0.05, 0) is 79.6 Å². The van der Waals surface area contributed by atoms with Crippen molar-refractivity contribution in [2.75, 3.05) is 0 Å². The molecule has 6 heteroatoms. The summed E-state index contributed by atoms with van der Waals surface area (Å²) in [4.78, 5) is 8.92. The van der Waals surface area contributed by atoms with Crippen LogP contribution >= 0.6 is 11.3 Å². The Balaban J connectivity index is 0.000000238. The summed E-state index contributed by atoms with van der Waals surface area (Å²) < 4.78 is 49.2. The van der Waals surface area contributed by atoms with Crippen molar-refractivity contribution in [2.24, 2.45) is 0 Å². The first-order valence-corrected chi connectivity index (χ1v) is 22.7. The summed E-state index contributed by atoms with van der Waals surface area (Å²) in [5.74, 6) is 0. The third-order valence-electron chi connectivity index (χ3n) is 8.91. The van der Waals surface area contributed by atoms with E-state index in [1.165, 1.54) is 43.7 Å². The fourth-order valence-electron chi connectivity index (χ4n) is 6.27. The van der Waals surface area contributed by atoms with Crippen molar-refractivity contribution >= 4 is 63.2 Å². The van der Waals surface area contributed by atoms with Crippen LogP contribution < -0.4 is 15.6 Å². The fraction of sp³-hybridized carbons (Fsp3) is 0.171. The zero-order valence-electron chi connectivity index (χ0n) is 33.0. The molecule has 7 aromatic rings. The van der Waals surface area contributed by atoms with Crippen molar-refractivity contribution < 1.29 is 28.3 Å². The molecule has 0 spiro atoms. The van der Waals surface area contributed by atoms with Crippen LogP contribution in [0.2, 0.25) is 32.7 Å². The maximum atomic E-state index is 7.93. The molecule has 0 saturated heterocycles. The number of pyridine rings is 2. The van der Waals surface area contributed by atoms with Crippen LogP contribution in [0.25, 0.3) is 53.8 Å². The Morgan fingerprint density at radius 3 is 2.23 bits per heavy atom. The Kier molecular flexibility index (Phi) is 7.22. The molecular weight excluding hydrogens is 801 g/mol. The van der Waals surface area contributed by atoms with E-state index in [0.29, 0.717) is 11.3 Å². The third kappa shape index (κ3) is 6.14. The number of aromatic nitrogens is 2. The number of aryl methyl sites for hydroxylation is 2. The van der Waals surface area contributed by atoms with Gasteiger partial charge in [0.2, 0.25) is 0 Å². The van der Waals surface area contributed by atoms with Gasteiger partial charge in [0.25, 0.3) is 0 Å². The number of hydrogen-bond acceptors (Lipinski definition) is 3. The SMILES string of the molecule is C[Si](C)(C)c1ccc(-c2[c-]cccc2)nc1.[2H]C([2H])([2H])c1cnc(-c2[c-]ccc3c2sc2cc4c(cc23)-c2ccccc2[Si]4(C)C)cc1C([2H])([2H])[2H].[Ir]. The van der Waals surface area contributed by atoms with Gasteiger partial charge >= 0.3 is 0 Å². The second kappa shape index (κ2) is 12.8. The van der Waals surface area contributed by atoms with Crippen LogP contribution in [0.15, 0.2) is 103 Å². The van der Waals surface area contributed by atoms with Crippen molar-refractivity contribution in [2.45, 2.75) is 46.4 Å². The van der Waals surface area contributed by atoms with Crippen molar-refractivity contribution in [1.29, 1.82) is 0 Å². The molecule has 1 radical (unpaired) electrons. The quantitative estimate of drug-likeness (QED) is 0.131. The zero-order chi connectivity index (χ0) is 37.2. The standard InChI is InChI=1S/C27H22NSSi.C14H16NSi.Ir/c1-16-12-23(28-15-17(16)2)20-10-7-9-19-21-13-22-18-8-5-6-11-25(18)30(3,4)26(22)14-24(21)29-27(19)20;1-16(2,3)13-9-10-14(15-11-13)12-7-5-4-6-8-12;/h5-9,11-15H,1-4H3;4-7,9-11H,1-3H3;/q2*-1;/i1D3,2D3;;. The minimum Gasteiger partial charge on any atom is -0.305 e. The first-order chi connectivity index (χ1) is 24.4. The summed E-state index contributed by atoms with van der Waals surface area (Å²) in [7, 11) is -3.04. The Bertz CT molecular complexity index is 2450. The molecule has 237 valence electrons. The summed E-state index contributed by atoms with van der Waals surface area (Å²) in [6.45, 7) is 6.65. The van der Waals surface area contributed by atoms with E-state index in [4.69, 9.17) is 8.22 Å². The average molecular weight is 845 g/mol. The van der Waals surface area contributed by atoms with E-state index in [-0.39, 0.29) is 31.2 Å². The van der Waals surface area contributed by atoms with Gasteiger partial charge in [0.1, 0.15) is 8.07 Å². The maximum absolute atomic E-state index is 7.93. The molecule has 0 saturated carbocycles. The van der Waals surface area contributed by atoms with Crippen molar-refractivity contribution in [1.82, 2.24) is 9.97 Å². The van der Waals surface area contributed by atoms with Gasteiger partial charge in [-0.3, -0.25) is 0 Å². The molecule has 1 aliphatic heterocycles. The van der Waals surface area contributed by atoms with Gasteiger partial charge in [0.15, 0.2) is 0 Å². The van der Waals surface area contributed by atoms with E-state index >= 15 is 0 Å². The van der Waals surface area contributed by atoms with Crippen LogP contribution in [0.3, 0.4) is 0 Å². The minimum atomic E-state index is -2.57. The second-order valence-electron chi connectivity index (χ2n) is 13.3. The first-order valence-electron chi connectivity index (χ1n) is 18.4. The Hall–Kier alpha value is -3.52. The maximum Gasteiger partial charge on any atom is 0.113 e. The molecule has 3 aromatic heterocycles. The Morgan fingerprint density at radius 1 is 0.723 bits per heavy atom. The van der Waals surface area contributed by atoms with Gasteiger partial charge in [-0.25, -0.2) is 0 Å². The molecule has 4 aromatic carbocycles. The molecule has 2 nitrogen and oxygen atoms in total. The summed E-state index contributed by atoms with van der Waals surface area (Å²) in [6.07, 6.45) is 3.20. The number of nitrogens with zero attached hydrogens (tertiary/aromatic N) is 2. The molecule has 0 bridgehead atoms. The van der Waals surface area contributed by atoms with E-state index in [2.05, 4.69) is 103 Å². The average Bonchev–Trinajstić information content (AvgIpc) is 3.58. The first kappa shape index (κ1) is 26.4. The van der Waals surface area contributed by atoms with E-state index in [1.807, 2.05) is 42.6 Å². The molecular formula is C41H38IrN2SSi2-2. The van der Waals surface area contributed by atoms with Crippen LogP contribution in [0, 0.1) is 25.8 Å². The topological polar surface area (TPSA) is 25.8 Å². The molecule has 0 unspecified atom stereocenters. The molecule has 47 heavy (non-hydrogen) atoms. The predicted molar refractivity (Wildman–Crippen MR) is 205 cm³/mol. The number of benzene rings is 4. The van der Waals surface area contributed by atoms with Gasteiger partial charge in [-0.15, -0.1) is 59.7 Å². The normalized spacial score (nSPS) is 15.4. The summed E-state index contributed by atoms with van der Waals surface area (Å²) in [5, 5.41) is 6.50. The largest absolute Gasteiger partial charge is 0.305 e. The van der Waals surface area contributed by atoms with Crippen molar-refractivity contribution in [3.8, 4) is 33.6 Å². The molecule has 0 amide bonds. The number of hydrogen-bond donors (Lipinski definition) is 0. The fourth-order valence-corrected chi connectivity index (χ4v) is 11.7. The smallest absolute Gasteiger partial charge is 0.113 e. The van der Waals surface area contributed by atoms with Gasteiger partial charge in [-0.1, -0.05) is 86.1 Å². The molecule has 0 atom stereocenters. The van der Waals surface area contributed by atoms with E-state index in [0.717, 1.165) is 26.7 Å². The minimum absolute atomic E-state index is 0. The monoisotopic (exact) mass is 845 g/mol. The van der Waals surface area contributed by atoms with Gasteiger partial charge in [-0.2, -0.15) is 11.3 Å². The van der Waals surface area contributed by atoms with E-state index in [9.17, 15) is 0 Å². The molecule has 0 fully saturated rings. The Labute approximate surface area is 306 Å². The van der Waals surface area contributed by atoms with Gasteiger partial charge in [0, 0.05) is 45.4 Å². The molecule has 0 N–H and O–H groups in total. The number of thiophene rings is 1. The Morgan fingerprint density at radius 2 is 1.51 bits per heavy atom. The van der Waals surface area contributed by atoms with Crippen LogP contribution in [0.1, 0.15) is 19.4 Å². The van der Waals surface area contributed by atoms with Gasteiger partial charge < -0.3 is 9.97 Å². The molecule has 0 aliphatic carbocycles. The zero-order valence-corrected chi connectivity index (χ0v) is 32.2. The summed E-state index contributed by atoms with van der Waals surface area (Å²) >= 11 is 1.65. The van der Waals surface area contributed by atoms with Crippen molar-refractivity contribution in [3.63, 3.8) is 0 Å². The van der Waals surface area contributed by atoms with E-state index < -0.39 is 29.9 Å². The molecule has 8 rings (SSSR count). The molecule has 1 aliphatic rings. The van der Waals surface area contributed by atoms with Crippen molar-refractivity contribution in [3.05, 3.63) is 127 Å². The predicted octanol–water partition coefficient (Wildman–Crippen LogP) is 9.43. The van der Waals surface area contributed by atoms with Gasteiger partial charge in [0.05, 0.1) is 8.07 Å². The second-order valence-corrected chi connectivity index (χ2v) is 23.8. The third-order valence-corrected chi connectivity index (χ3v) is 15.7. The number of rotatable bonds is 3. The van der Waals surface area contributed by atoms with Crippen LogP contribution in [0.5, 0.6) is 0 Å². The summed E-state index contributed by atoms with van der Waals surface area (Å²) in [5.41, 5.74) is 5.35. The summed E-state index contributed by atoms with van der Waals surface area (Å²) in [6, 6.07) is 37.3. The van der Waals surface area contributed by atoms with Crippen LogP contribution in [0.4, 0.5) is 0 Å². The molecule has 4 heterocycles. The van der Waals surface area contributed by atoms with E-state index in [1.54, 1.807) is 11.3 Å².